The zero-order valence-electron chi connectivity index (χ0n) is 9.88. The van der Waals surface area contributed by atoms with E-state index in [4.69, 9.17) is 9.15 Å². The van der Waals surface area contributed by atoms with Crippen molar-refractivity contribution in [3.05, 3.63) is 23.7 Å². The number of ether oxygens (including phenoxy) is 1. The molecule has 1 rings (SSSR count). The van der Waals surface area contributed by atoms with E-state index in [0.29, 0.717) is 12.6 Å². The fraction of sp³-hybridized carbons (Fsp3) is 0.667. The van der Waals surface area contributed by atoms with Gasteiger partial charge in [-0.2, -0.15) is 0 Å². The second kappa shape index (κ2) is 6.64. The van der Waals surface area contributed by atoms with Crippen LogP contribution in [-0.2, 0) is 11.3 Å². The highest BCUT2D eigenvalue weighted by Gasteiger charge is 1.98. The third-order valence-electron chi connectivity index (χ3n) is 2.06. The summed E-state index contributed by atoms with van der Waals surface area (Å²) in [6.07, 6.45) is 1.04. The summed E-state index contributed by atoms with van der Waals surface area (Å²) >= 11 is 0. The molecule has 1 N–H and O–H groups in total. The van der Waals surface area contributed by atoms with Gasteiger partial charge in [0, 0.05) is 12.6 Å². The maximum Gasteiger partial charge on any atom is 0.129 e. The van der Waals surface area contributed by atoms with Gasteiger partial charge in [0.25, 0.3) is 0 Å². The summed E-state index contributed by atoms with van der Waals surface area (Å²) < 4.78 is 10.9. The lowest BCUT2D eigenvalue weighted by Gasteiger charge is -2.07. The van der Waals surface area contributed by atoms with E-state index < -0.39 is 0 Å². The SMILES string of the molecule is Cc1ccc(COCCCNC(C)C)o1. The van der Waals surface area contributed by atoms with Crippen LogP contribution in [0.4, 0.5) is 0 Å². The van der Waals surface area contributed by atoms with E-state index in [0.717, 1.165) is 31.1 Å². The zero-order valence-corrected chi connectivity index (χ0v) is 9.88. The average molecular weight is 211 g/mol. The van der Waals surface area contributed by atoms with Crippen LogP contribution in [0, 0.1) is 6.92 Å². The lowest BCUT2D eigenvalue weighted by Crippen LogP contribution is -2.24. The van der Waals surface area contributed by atoms with Crippen LogP contribution in [0.5, 0.6) is 0 Å². The third kappa shape index (κ3) is 5.60. The number of rotatable bonds is 7. The van der Waals surface area contributed by atoms with Crippen molar-refractivity contribution in [3.8, 4) is 0 Å². The Labute approximate surface area is 91.8 Å². The molecule has 0 radical (unpaired) electrons. The zero-order chi connectivity index (χ0) is 11.1. The molecule has 0 fully saturated rings. The molecular formula is C12H21NO2. The van der Waals surface area contributed by atoms with Crippen LogP contribution in [0.2, 0.25) is 0 Å². The molecule has 0 aliphatic carbocycles. The second-order valence-corrected chi connectivity index (χ2v) is 4.03. The lowest BCUT2D eigenvalue weighted by atomic mass is 10.3. The van der Waals surface area contributed by atoms with E-state index in [2.05, 4.69) is 19.2 Å². The van der Waals surface area contributed by atoms with Crippen LogP contribution >= 0.6 is 0 Å². The maximum atomic E-state index is 5.48. The minimum absolute atomic E-state index is 0.553. The number of furan rings is 1. The van der Waals surface area contributed by atoms with Gasteiger partial charge in [-0.3, -0.25) is 0 Å². The van der Waals surface area contributed by atoms with Crippen LogP contribution in [0.25, 0.3) is 0 Å². The quantitative estimate of drug-likeness (QED) is 0.704. The van der Waals surface area contributed by atoms with Gasteiger partial charge in [0.2, 0.25) is 0 Å². The molecule has 0 amide bonds. The predicted molar refractivity (Wildman–Crippen MR) is 60.9 cm³/mol. The Balaban J connectivity index is 1.98. The summed E-state index contributed by atoms with van der Waals surface area (Å²) in [6, 6.07) is 4.47. The van der Waals surface area contributed by atoms with Gasteiger partial charge in [0.05, 0.1) is 0 Å². The molecule has 0 atom stereocenters. The van der Waals surface area contributed by atoms with Crippen molar-refractivity contribution in [1.29, 1.82) is 0 Å². The first-order valence-electron chi connectivity index (χ1n) is 5.55. The van der Waals surface area contributed by atoms with E-state index in [1.54, 1.807) is 0 Å². The largest absolute Gasteiger partial charge is 0.464 e. The van der Waals surface area contributed by atoms with E-state index in [-0.39, 0.29) is 0 Å². The van der Waals surface area contributed by atoms with Gasteiger partial charge in [0.15, 0.2) is 0 Å². The standard InChI is InChI=1S/C12H21NO2/c1-10(2)13-7-4-8-14-9-12-6-5-11(3)15-12/h5-6,10,13H,4,7-9H2,1-3H3. The van der Waals surface area contributed by atoms with E-state index in [9.17, 15) is 0 Å². The van der Waals surface area contributed by atoms with Gasteiger partial charge in [-0.25, -0.2) is 0 Å². The molecule has 15 heavy (non-hydrogen) atoms. The molecule has 0 spiro atoms. The Morgan fingerprint density at radius 3 is 2.80 bits per heavy atom. The molecule has 86 valence electrons. The monoisotopic (exact) mass is 211 g/mol. The van der Waals surface area contributed by atoms with Crippen LogP contribution in [-0.4, -0.2) is 19.2 Å². The predicted octanol–water partition coefficient (Wildman–Crippen LogP) is 2.49. The Hall–Kier alpha value is -0.800. The summed E-state index contributed by atoms with van der Waals surface area (Å²) in [5.74, 6) is 1.85. The molecule has 0 saturated carbocycles. The van der Waals surface area contributed by atoms with E-state index in [1.807, 2.05) is 19.1 Å². The molecule has 0 aliphatic rings. The van der Waals surface area contributed by atoms with Crippen molar-refractivity contribution in [2.45, 2.75) is 39.8 Å². The first kappa shape index (κ1) is 12.3. The number of nitrogens with one attached hydrogen (secondary N) is 1. The summed E-state index contributed by atoms with van der Waals surface area (Å²) in [4.78, 5) is 0. The van der Waals surface area contributed by atoms with Crippen molar-refractivity contribution in [3.63, 3.8) is 0 Å². The highest BCUT2D eigenvalue weighted by Crippen LogP contribution is 2.07. The topological polar surface area (TPSA) is 34.4 Å². The molecule has 1 aromatic heterocycles. The molecular weight excluding hydrogens is 190 g/mol. The van der Waals surface area contributed by atoms with Crippen molar-refractivity contribution < 1.29 is 9.15 Å². The summed E-state index contributed by atoms with van der Waals surface area (Å²) in [5, 5.41) is 3.34. The van der Waals surface area contributed by atoms with Gasteiger partial charge in [0.1, 0.15) is 18.1 Å². The molecule has 0 aromatic carbocycles. The van der Waals surface area contributed by atoms with E-state index >= 15 is 0 Å². The smallest absolute Gasteiger partial charge is 0.129 e. The van der Waals surface area contributed by atoms with Crippen molar-refractivity contribution >= 4 is 0 Å². The molecule has 0 bridgehead atoms. The molecule has 0 aliphatic heterocycles. The Kier molecular flexibility index (Phi) is 5.43. The summed E-state index contributed by atoms with van der Waals surface area (Å²) in [5.41, 5.74) is 0. The molecule has 3 nitrogen and oxygen atoms in total. The second-order valence-electron chi connectivity index (χ2n) is 4.03. The molecule has 3 heteroatoms. The van der Waals surface area contributed by atoms with Gasteiger partial charge in [-0.05, 0) is 32.0 Å². The third-order valence-corrected chi connectivity index (χ3v) is 2.06. The molecule has 0 saturated heterocycles. The van der Waals surface area contributed by atoms with E-state index in [1.165, 1.54) is 0 Å². The fourth-order valence-electron chi connectivity index (χ4n) is 1.30. The highest BCUT2D eigenvalue weighted by atomic mass is 16.5. The van der Waals surface area contributed by atoms with Crippen molar-refractivity contribution in [1.82, 2.24) is 5.32 Å². The van der Waals surface area contributed by atoms with Gasteiger partial charge >= 0.3 is 0 Å². The highest BCUT2D eigenvalue weighted by molar-refractivity contribution is 5.04. The minimum atomic E-state index is 0.553. The number of hydrogen-bond acceptors (Lipinski definition) is 3. The first-order valence-corrected chi connectivity index (χ1v) is 5.55. The normalized spacial score (nSPS) is 11.2. The molecule has 1 aromatic rings. The van der Waals surface area contributed by atoms with Crippen molar-refractivity contribution in [2.75, 3.05) is 13.2 Å². The Bertz CT molecular complexity index is 268. The first-order chi connectivity index (χ1) is 7.18. The van der Waals surface area contributed by atoms with Gasteiger partial charge < -0.3 is 14.5 Å². The van der Waals surface area contributed by atoms with Gasteiger partial charge in [-0.15, -0.1) is 0 Å². The van der Waals surface area contributed by atoms with Crippen LogP contribution < -0.4 is 5.32 Å². The maximum absolute atomic E-state index is 5.48. The average Bonchev–Trinajstić information content (AvgIpc) is 2.57. The Morgan fingerprint density at radius 2 is 2.20 bits per heavy atom. The number of aryl methyl sites for hydroxylation is 1. The van der Waals surface area contributed by atoms with Crippen LogP contribution in [0.1, 0.15) is 31.8 Å². The molecule has 0 unspecified atom stereocenters. The minimum Gasteiger partial charge on any atom is -0.464 e. The summed E-state index contributed by atoms with van der Waals surface area (Å²) in [7, 11) is 0. The van der Waals surface area contributed by atoms with Crippen molar-refractivity contribution in [2.24, 2.45) is 0 Å². The summed E-state index contributed by atoms with van der Waals surface area (Å²) in [6.45, 7) is 8.60. The molecule has 1 heterocycles. The van der Waals surface area contributed by atoms with Crippen LogP contribution in [0.3, 0.4) is 0 Å². The van der Waals surface area contributed by atoms with Gasteiger partial charge in [-0.1, -0.05) is 13.8 Å². The Morgan fingerprint density at radius 1 is 1.40 bits per heavy atom. The number of hydrogen-bond donors (Lipinski definition) is 1. The van der Waals surface area contributed by atoms with Crippen LogP contribution in [0.15, 0.2) is 16.5 Å². The lowest BCUT2D eigenvalue weighted by molar-refractivity contribution is 0.103. The fourth-order valence-corrected chi connectivity index (χ4v) is 1.30.